The molecule has 5 heteroatoms. The minimum atomic E-state index is -0.643. The van der Waals surface area contributed by atoms with Crippen LogP contribution in [0.5, 0.6) is 0 Å². The summed E-state index contributed by atoms with van der Waals surface area (Å²) in [7, 11) is 0. The number of nitrogens with one attached hydrogen (secondary N) is 1. The summed E-state index contributed by atoms with van der Waals surface area (Å²) in [5, 5.41) is 2.47. The third-order valence-electron chi connectivity index (χ3n) is 3.85. The molecule has 0 aliphatic rings. The molecule has 24 heavy (non-hydrogen) atoms. The first-order valence-corrected chi connectivity index (χ1v) is 8.83. The van der Waals surface area contributed by atoms with Gasteiger partial charge in [0.2, 0.25) is 5.91 Å². The lowest BCUT2D eigenvalue weighted by Crippen LogP contribution is -2.34. The maximum Gasteiger partial charge on any atom is 0.233 e. The fraction of sp³-hybridized carbons (Fsp3) is 0.316. The van der Waals surface area contributed by atoms with E-state index < -0.39 is 16.9 Å². The average molecular weight is 349 g/mol. The van der Waals surface area contributed by atoms with Crippen LogP contribution < -0.4 is 5.32 Å². The zero-order valence-corrected chi connectivity index (χ0v) is 14.6. The van der Waals surface area contributed by atoms with Gasteiger partial charge < -0.3 is 5.32 Å². The first kappa shape index (κ1) is 18.5. The van der Waals surface area contributed by atoms with Gasteiger partial charge in [-0.05, 0) is 31.0 Å². The Morgan fingerprint density at radius 1 is 1.17 bits per heavy atom. The van der Waals surface area contributed by atoms with E-state index in [0.29, 0.717) is 6.54 Å². The molecule has 0 aromatic heterocycles. The van der Waals surface area contributed by atoms with Gasteiger partial charge in [0.25, 0.3) is 0 Å². The van der Waals surface area contributed by atoms with E-state index in [-0.39, 0.29) is 16.7 Å². The Kier molecular flexibility index (Phi) is 6.79. The molecule has 2 atom stereocenters. The molecule has 0 heterocycles. The van der Waals surface area contributed by atoms with E-state index in [4.69, 9.17) is 0 Å². The summed E-state index contributed by atoms with van der Waals surface area (Å²) in [4.78, 5) is 12.5. The van der Waals surface area contributed by atoms with Crippen molar-refractivity contribution in [2.75, 3.05) is 6.54 Å². The molecule has 2 nitrogen and oxygen atoms in total. The summed E-state index contributed by atoms with van der Waals surface area (Å²) >= 11 is 1.09. The second kappa shape index (κ2) is 8.83. The largest absolute Gasteiger partial charge is 0.355 e. The molecule has 0 unspecified atom stereocenters. The number of carbonyl (C=O) groups is 1. The van der Waals surface area contributed by atoms with Crippen LogP contribution in [0.15, 0.2) is 53.4 Å². The third kappa shape index (κ3) is 5.06. The Bertz CT molecular complexity index is 678. The summed E-state index contributed by atoms with van der Waals surface area (Å²) in [6, 6.07) is 13.4. The van der Waals surface area contributed by atoms with Crippen molar-refractivity contribution < 1.29 is 13.6 Å². The minimum absolute atomic E-state index is 0.155. The van der Waals surface area contributed by atoms with E-state index in [1.165, 1.54) is 17.7 Å². The first-order valence-electron chi connectivity index (χ1n) is 7.95. The van der Waals surface area contributed by atoms with Crippen molar-refractivity contribution in [2.24, 2.45) is 0 Å². The van der Waals surface area contributed by atoms with E-state index in [1.807, 2.05) is 30.3 Å². The Hall–Kier alpha value is -1.88. The number of carbonyl (C=O) groups excluding carboxylic acids is 1. The number of thioether (sulfide) groups is 1. The summed E-state index contributed by atoms with van der Waals surface area (Å²) < 4.78 is 26.6. The quantitative estimate of drug-likeness (QED) is 0.731. The van der Waals surface area contributed by atoms with Crippen molar-refractivity contribution in [3.8, 4) is 0 Å². The van der Waals surface area contributed by atoms with Gasteiger partial charge >= 0.3 is 0 Å². The molecule has 128 valence electrons. The molecule has 0 saturated carbocycles. The summed E-state index contributed by atoms with van der Waals surface area (Å²) in [6.07, 6.45) is 0.915. The second-order valence-electron chi connectivity index (χ2n) is 5.60. The molecule has 0 aliphatic heterocycles. The molecule has 1 amide bonds. The van der Waals surface area contributed by atoms with Crippen molar-refractivity contribution in [3.05, 3.63) is 65.7 Å². The second-order valence-corrected chi connectivity index (χ2v) is 6.98. The van der Waals surface area contributed by atoms with E-state index in [2.05, 4.69) is 12.2 Å². The first-order chi connectivity index (χ1) is 11.5. The molecule has 2 aromatic rings. The van der Waals surface area contributed by atoms with Gasteiger partial charge in [-0.2, -0.15) is 0 Å². The predicted molar refractivity (Wildman–Crippen MR) is 94.2 cm³/mol. The molecule has 0 saturated heterocycles. The number of hydrogen-bond acceptors (Lipinski definition) is 2. The van der Waals surface area contributed by atoms with Crippen LogP contribution in [0.4, 0.5) is 8.78 Å². The van der Waals surface area contributed by atoms with Crippen molar-refractivity contribution in [1.82, 2.24) is 5.32 Å². The highest BCUT2D eigenvalue weighted by Gasteiger charge is 2.18. The van der Waals surface area contributed by atoms with Gasteiger partial charge in [0.15, 0.2) is 0 Å². The standard InChI is InChI=1S/C19H21F2NOS/c1-3-14(15-7-5-4-6-8-15)12-22-19(23)13(2)24-18-10-9-16(20)11-17(18)21/h4-11,13-14H,3,12H2,1-2H3,(H,22,23)/t13-,14+/m0/s1. The van der Waals surface area contributed by atoms with Crippen LogP contribution in [-0.2, 0) is 4.79 Å². The third-order valence-corrected chi connectivity index (χ3v) is 5.01. The summed E-state index contributed by atoms with van der Waals surface area (Å²) in [5.41, 5.74) is 1.19. The highest BCUT2D eigenvalue weighted by molar-refractivity contribution is 8.00. The fourth-order valence-corrected chi connectivity index (χ4v) is 3.29. The molecular weight excluding hydrogens is 328 g/mol. The molecule has 0 radical (unpaired) electrons. The van der Waals surface area contributed by atoms with Crippen LogP contribution >= 0.6 is 11.8 Å². The van der Waals surface area contributed by atoms with Gasteiger partial charge in [0.1, 0.15) is 11.6 Å². The van der Waals surface area contributed by atoms with Crippen LogP contribution in [0.25, 0.3) is 0 Å². The van der Waals surface area contributed by atoms with Crippen LogP contribution in [-0.4, -0.2) is 17.7 Å². The normalized spacial score (nSPS) is 13.3. The molecule has 2 aromatic carbocycles. The van der Waals surface area contributed by atoms with Crippen molar-refractivity contribution in [1.29, 1.82) is 0 Å². The van der Waals surface area contributed by atoms with Gasteiger partial charge in [-0.3, -0.25) is 4.79 Å². The molecule has 0 bridgehead atoms. The van der Waals surface area contributed by atoms with Crippen molar-refractivity contribution >= 4 is 17.7 Å². The van der Waals surface area contributed by atoms with E-state index in [0.717, 1.165) is 24.2 Å². The SMILES string of the molecule is CC[C@H](CNC(=O)[C@H](C)Sc1ccc(F)cc1F)c1ccccc1. The lowest BCUT2D eigenvalue weighted by atomic mass is 9.96. The Morgan fingerprint density at radius 2 is 1.88 bits per heavy atom. The maximum atomic E-state index is 13.7. The molecule has 0 aliphatic carbocycles. The smallest absolute Gasteiger partial charge is 0.233 e. The topological polar surface area (TPSA) is 29.1 Å². The number of amides is 1. The molecular formula is C19H21F2NOS. The van der Waals surface area contributed by atoms with Crippen LogP contribution in [0.3, 0.4) is 0 Å². The van der Waals surface area contributed by atoms with E-state index in [9.17, 15) is 13.6 Å². The van der Waals surface area contributed by atoms with Gasteiger partial charge in [0, 0.05) is 23.4 Å². The monoisotopic (exact) mass is 349 g/mol. The number of hydrogen-bond donors (Lipinski definition) is 1. The molecule has 0 spiro atoms. The average Bonchev–Trinajstić information content (AvgIpc) is 2.58. The Labute approximate surface area is 145 Å². The van der Waals surface area contributed by atoms with Gasteiger partial charge in [-0.25, -0.2) is 8.78 Å². The zero-order chi connectivity index (χ0) is 17.5. The maximum absolute atomic E-state index is 13.7. The lowest BCUT2D eigenvalue weighted by molar-refractivity contribution is -0.120. The fourth-order valence-electron chi connectivity index (χ4n) is 2.41. The number of benzene rings is 2. The van der Waals surface area contributed by atoms with E-state index >= 15 is 0 Å². The summed E-state index contributed by atoms with van der Waals surface area (Å²) in [6.45, 7) is 4.33. The van der Waals surface area contributed by atoms with Gasteiger partial charge in [-0.1, -0.05) is 37.3 Å². The molecule has 2 rings (SSSR count). The van der Waals surface area contributed by atoms with Gasteiger partial charge in [0.05, 0.1) is 5.25 Å². The predicted octanol–water partition coefficient (Wildman–Crippen LogP) is 4.76. The summed E-state index contributed by atoms with van der Waals surface area (Å²) in [5.74, 6) is -1.18. The highest BCUT2D eigenvalue weighted by atomic mass is 32.2. The molecule has 1 N–H and O–H groups in total. The molecule has 0 fully saturated rings. The lowest BCUT2D eigenvalue weighted by Gasteiger charge is -2.18. The number of rotatable bonds is 7. The minimum Gasteiger partial charge on any atom is -0.355 e. The van der Waals surface area contributed by atoms with Crippen molar-refractivity contribution in [2.45, 2.75) is 36.3 Å². The van der Waals surface area contributed by atoms with Crippen LogP contribution in [0.1, 0.15) is 31.7 Å². The van der Waals surface area contributed by atoms with Crippen LogP contribution in [0, 0.1) is 11.6 Å². The zero-order valence-electron chi connectivity index (χ0n) is 13.8. The Morgan fingerprint density at radius 3 is 2.50 bits per heavy atom. The number of halogens is 2. The van der Waals surface area contributed by atoms with Crippen LogP contribution in [0.2, 0.25) is 0 Å². The highest BCUT2D eigenvalue weighted by Crippen LogP contribution is 2.27. The van der Waals surface area contributed by atoms with Gasteiger partial charge in [-0.15, -0.1) is 11.8 Å². The van der Waals surface area contributed by atoms with E-state index in [1.54, 1.807) is 6.92 Å². The van der Waals surface area contributed by atoms with Crippen molar-refractivity contribution in [3.63, 3.8) is 0 Å². The Balaban J connectivity index is 1.91.